The number of anilines is 1. The first-order valence-corrected chi connectivity index (χ1v) is 15.2. The van der Waals surface area contributed by atoms with Gasteiger partial charge >= 0.3 is 0 Å². The third-order valence-corrected chi connectivity index (χ3v) is 9.53. The number of hydrogen-bond acceptors (Lipinski definition) is 5. The molecule has 2 saturated heterocycles. The molecule has 0 N–H and O–H groups in total. The Kier molecular flexibility index (Phi) is 8.33. The van der Waals surface area contributed by atoms with Crippen LogP contribution in [0.1, 0.15) is 65.9 Å². The van der Waals surface area contributed by atoms with E-state index in [1.807, 2.05) is 4.90 Å². The molecule has 7 heteroatoms. The predicted molar refractivity (Wildman–Crippen MR) is 162 cm³/mol. The van der Waals surface area contributed by atoms with E-state index in [2.05, 4.69) is 70.5 Å². The fraction of sp³-hybridized carbons (Fsp3) is 0.441. The molecule has 1 aliphatic carbocycles. The lowest BCUT2D eigenvalue weighted by Gasteiger charge is -2.38. The number of rotatable bonds is 7. The molecular formula is C34H40N4O3. The number of nitro benzene ring substituents is 1. The van der Waals surface area contributed by atoms with Crippen LogP contribution in [0.25, 0.3) is 0 Å². The van der Waals surface area contributed by atoms with Crippen LogP contribution in [0.4, 0.5) is 11.4 Å². The number of hydrogen-bond donors (Lipinski definition) is 0. The molecule has 214 valence electrons. The highest BCUT2D eigenvalue weighted by Gasteiger charge is 2.33. The molecule has 3 fully saturated rings. The summed E-state index contributed by atoms with van der Waals surface area (Å²) in [6, 6.07) is 26.9. The van der Waals surface area contributed by atoms with Gasteiger partial charge in [0.05, 0.1) is 4.92 Å². The average Bonchev–Trinajstić information content (AvgIpc) is 3.57. The number of nitro groups is 1. The zero-order chi connectivity index (χ0) is 28.2. The molecule has 0 spiro atoms. The average molecular weight is 553 g/mol. The zero-order valence-electron chi connectivity index (χ0n) is 23.7. The Hall–Kier alpha value is -3.71. The van der Waals surface area contributed by atoms with Gasteiger partial charge in [-0.15, -0.1) is 0 Å². The monoisotopic (exact) mass is 552 g/mol. The molecule has 1 saturated carbocycles. The van der Waals surface area contributed by atoms with Crippen molar-refractivity contribution in [2.24, 2.45) is 5.92 Å². The van der Waals surface area contributed by atoms with E-state index in [0.717, 1.165) is 39.0 Å². The van der Waals surface area contributed by atoms with Crippen LogP contribution in [-0.4, -0.2) is 65.9 Å². The van der Waals surface area contributed by atoms with Crippen molar-refractivity contribution in [1.29, 1.82) is 0 Å². The van der Waals surface area contributed by atoms with Crippen LogP contribution < -0.4 is 4.90 Å². The van der Waals surface area contributed by atoms with Gasteiger partial charge in [0.25, 0.3) is 11.6 Å². The number of nitrogens with zero attached hydrogens (tertiary/aromatic N) is 4. The summed E-state index contributed by atoms with van der Waals surface area (Å²) in [6.07, 6.45) is 7.01. The Morgan fingerprint density at radius 2 is 1.34 bits per heavy atom. The Balaban J connectivity index is 1.17. The molecule has 0 radical (unpaired) electrons. The van der Waals surface area contributed by atoms with Crippen molar-refractivity contribution in [1.82, 2.24) is 9.80 Å². The number of piperazine rings is 1. The van der Waals surface area contributed by atoms with Crippen LogP contribution >= 0.6 is 0 Å². The Labute approximate surface area is 242 Å². The van der Waals surface area contributed by atoms with Gasteiger partial charge in [-0.1, -0.05) is 73.5 Å². The molecule has 6 rings (SSSR count). The fourth-order valence-corrected chi connectivity index (χ4v) is 7.34. The quantitative estimate of drug-likeness (QED) is 0.253. The maximum absolute atomic E-state index is 13.5. The highest BCUT2D eigenvalue weighted by atomic mass is 16.6. The van der Waals surface area contributed by atoms with E-state index in [4.69, 9.17) is 0 Å². The molecular weight excluding hydrogens is 512 g/mol. The minimum absolute atomic E-state index is 0.0182. The Morgan fingerprint density at radius 3 is 1.90 bits per heavy atom. The van der Waals surface area contributed by atoms with Gasteiger partial charge < -0.3 is 9.80 Å². The second-order valence-corrected chi connectivity index (χ2v) is 11.9. The Bertz CT molecular complexity index is 1290. The first kappa shape index (κ1) is 27.5. The van der Waals surface area contributed by atoms with Crippen LogP contribution in [0.5, 0.6) is 0 Å². The number of piperidine rings is 1. The van der Waals surface area contributed by atoms with Gasteiger partial charge in [0.1, 0.15) is 5.69 Å². The molecule has 2 heterocycles. The fourth-order valence-electron chi connectivity index (χ4n) is 7.34. The van der Waals surface area contributed by atoms with E-state index in [1.54, 1.807) is 12.1 Å². The zero-order valence-corrected chi connectivity index (χ0v) is 23.7. The van der Waals surface area contributed by atoms with Gasteiger partial charge in [0.2, 0.25) is 0 Å². The number of carbonyl (C=O) groups excluding carboxylic acids is 1. The second-order valence-electron chi connectivity index (χ2n) is 11.9. The molecule has 7 nitrogen and oxygen atoms in total. The van der Waals surface area contributed by atoms with E-state index in [9.17, 15) is 14.9 Å². The third-order valence-electron chi connectivity index (χ3n) is 9.53. The SMILES string of the molecule is O=C(c1ccc([N+](=O)[O-])c(N2CCC(C(c3ccccc3)c3ccccc3)CC2)c1)N1CCN(C2CCCC2)CC1. The van der Waals surface area contributed by atoms with E-state index in [0.29, 0.717) is 36.3 Å². The molecule has 1 amide bonds. The number of carbonyl (C=O) groups is 1. The first-order chi connectivity index (χ1) is 20.1. The summed E-state index contributed by atoms with van der Waals surface area (Å²) in [6.45, 7) is 4.70. The van der Waals surface area contributed by atoms with Gasteiger partial charge in [-0.3, -0.25) is 19.8 Å². The summed E-state index contributed by atoms with van der Waals surface area (Å²) < 4.78 is 0. The standard InChI is InChI=1S/C34H40N4O3/c39-34(37-23-21-35(22-24-37)30-13-7-8-14-30)29-15-16-31(38(40)41)32(25-29)36-19-17-28(18-20-36)33(26-9-3-1-4-10-26)27-11-5-2-6-12-27/h1-6,9-12,15-16,25,28,30,33H,7-8,13-14,17-24H2. The summed E-state index contributed by atoms with van der Waals surface area (Å²) in [5.74, 6) is 0.691. The van der Waals surface area contributed by atoms with Crippen molar-refractivity contribution in [3.05, 3.63) is 106 Å². The molecule has 0 unspecified atom stereocenters. The lowest BCUT2D eigenvalue weighted by Crippen LogP contribution is -2.51. The normalized spacial score (nSPS) is 19.1. The van der Waals surface area contributed by atoms with Crippen molar-refractivity contribution in [3.63, 3.8) is 0 Å². The van der Waals surface area contributed by atoms with Crippen LogP contribution in [-0.2, 0) is 0 Å². The lowest BCUT2D eigenvalue weighted by atomic mass is 9.76. The van der Waals surface area contributed by atoms with Crippen LogP contribution in [0.15, 0.2) is 78.9 Å². The highest BCUT2D eigenvalue weighted by molar-refractivity contribution is 5.96. The molecule has 41 heavy (non-hydrogen) atoms. The molecule has 0 atom stereocenters. The van der Waals surface area contributed by atoms with Crippen molar-refractivity contribution < 1.29 is 9.72 Å². The van der Waals surface area contributed by atoms with Crippen LogP contribution in [0.3, 0.4) is 0 Å². The molecule has 2 aliphatic heterocycles. The molecule has 3 aromatic carbocycles. The molecule has 3 aliphatic rings. The van der Waals surface area contributed by atoms with Crippen molar-refractivity contribution in [3.8, 4) is 0 Å². The smallest absolute Gasteiger partial charge is 0.292 e. The van der Waals surface area contributed by atoms with Crippen molar-refractivity contribution >= 4 is 17.3 Å². The van der Waals surface area contributed by atoms with Crippen molar-refractivity contribution in [2.45, 2.75) is 50.5 Å². The van der Waals surface area contributed by atoms with Crippen LogP contribution in [0, 0.1) is 16.0 Å². The number of benzene rings is 3. The van der Waals surface area contributed by atoms with Crippen LogP contribution in [0.2, 0.25) is 0 Å². The third kappa shape index (κ3) is 6.01. The molecule has 0 aromatic heterocycles. The Morgan fingerprint density at radius 1 is 0.756 bits per heavy atom. The van der Waals surface area contributed by atoms with E-state index < -0.39 is 0 Å². The largest absolute Gasteiger partial charge is 0.366 e. The van der Waals surface area contributed by atoms with Gasteiger partial charge in [0, 0.05) is 62.9 Å². The first-order valence-electron chi connectivity index (χ1n) is 15.2. The summed E-state index contributed by atoms with van der Waals surface area (Å²) >= 11 is 0. The van der Waals surface area contributed by atoms with Gasteiger partial charge in [-0.25, -0.2) is 0 Å². The minimum atomic E-state index is -0.313. The van der Waals surface area contributed by atoms with Gasteiger partial charge in [-0.2, -0.15) is 0 Å². The molecule has 3 aromatic rings. The van der Waals surface area contributed by atoms with Gasteiger partial charge in [0.15, 0.2) is 0 Å². The summed E-state index contributed by atoms with van der Waals surface area (Å²) in [5.41, 5.74) is 3.81. The second kappa shape index (κ2) is 12.4. The summed E-state index contributed by atoms with van der Waals surface area (Å²) in [7, 11) is 0. The van der Waals surface area contributed by atoms with Gasteiger partial charge in [-0.05, 0) is 54.9 Å². The highest BCUT2D eigenvalue weighted by Crippen LogP contribution is 2.40. The summed E-state index contributed by atoms with van der Waals surface area (Å²) in [5, 5.41) is 12.0. The predicted octanol–water partition coefficient (Wildman–Crippen LogP) is 6.34. The topological polar surface area (TPSA) is 69.9 Å². The summed E-state index contributed by atoms with van der Waals surface area (Å²) in [4.78, 5) is 31.8. The maximum Gasteiger partial charge on any atom is 0.292 e. The maximum atomic E-state index is 13.5. The molecule has 0 bridgehead atoms. The number of amides is 1. The van der Waals surface area contributed by atoms with Crippen molar-refractivity contribution in [2.75, 3.05) is 44.2 Å². The van der Waals surface area contributed by atoms with E-state index in [-0.39, 0.29) is 22.4 Å². The lowest BCUT2D eigenvalue weighted by molar-refractivity contribution is -0.384. The minimum Gasteiger partial charge on any atom is -0.366 e. The van der Waals surface area contributed by atoms with E-state index >= 15 is 0 Å². The van der Waals surface area contributed by atoms with E-state index in [1.165, 1.54) is 42.9 Å².